The summed E-state index contributed by atoms with van der Waals surface area (Å²) in [6.07, 6.45) is 1.48. The minimum atomic E-state index is -0.685. The zero-order chi connectivity index (χ0) is 19.7. The van der Waals surface area contributed by atoms with Gasteiger partial charge in [0.1, 0.15) is 0 Å². The summed E-state index contributed by atoms with van der Waals surface area (Å²) in [5.41, 5.74) is 0.378. The molecule has 1 aliphatic heterocycles. The van der Waals surface area contributed by atoms with Crippen LogP contribution in [0, 0.1) is 13.7 Å². The molecule has 2 aromatic carbocycles. The van der Waals surface area contributed by atoms with Crippen molar-refractivity contribution in [3.8, 4) is 5.75 Å². The lowest BCUT2D eigenvalue weighted by molar-refractivity contribution is -0.386. The van der Waals surface area contributed by atoms with E-state index in [4.69, 9.17) is 23.2 Å². The highest BCUT2D eigenvalue weighted by atomic mass is 127. The van der Waals surface area contributed by atoms with Gasteiger partial charge >= 0.3 is 5.69 Å². The molecule has 0 aliphatic carbocycles. The van der Waals surface area contributed by atoms with E-state index >= 15 is 0 Å². The Labute approximate surface area is 180 Å². The minimum absolute atomic E-state index is 0.266. The molecule has 27 heavy (non-hydrogen) atoms. The van der Waals surface area contributed by atoms with Crippen LogP contribution in [0.25, 0.3) is 6.08 Å². The maximum atomic E-state index is 12.2. The number of halogens is 3. The Morgan fingerprint density at radius 1 is 1.33 bits per heavy atom. The molecule has 2 N–H and O–H groups in total. The number of carbonyl (C=O) groups is 1. The second kappa shape index (κ2) is 8.05. The number of hydrogen-bond acceptors (Lipinski definition) is 6. The topological polar surface area (TPSA) is 105 Å². The van der Waals surface area contributed by atoms with Gasteiger partial charge in [-0.15, -0.1) is 0 Å². The first-order valence-electron chi connectivity index (χ1n) is 7.16. The number of rotatable bonds is 3. The lowest BCUT2D eigenvalue weighted by Gasteiger charge is -2.02. The van der Waals surface area contributed by atoms with Crippen molar-refractivity contribution in [1.29, 1.82) is 0 Å². The number of phenols is 1. The van der Waals surface area contributed by atoms with Gasteiger partial charge in [-0.05, 0) is 64.2 Å². The third-order valence-electron chi connectivity index (χ3n) is 3.36. The molecule has 2 aromatic rings. The number of nitrogens with one attached hydrogen (secondary N) is 1. The summed E-state index contributed by atoms with van der Waals surface area (Å²) in [6, 6.07) is 7.69. The fourth-order valence-electron chi connectivity index (χ4n) is 2.15. The van der Waals surface area contributed by atoms with Crippen molar-refractivity contribution in [2.24, 2.45) is 4.99 Å². The minimum Gasteiger partial charge on any atom is -0.501 e. The zero-order valence-electron chi connectivity index (χ0n) is 13.1. The van der Waals surface area contributed by atoms with Crippen LogP contribution < -0.4 is 5.32 Å². The van der Waals surface area contributed by atoms with E-state index in [1.807, 2.05) is 0 Å². The van der Waals surface area contributed by atoms with Gasteiger partial charge in [-0.3, -0.25) is 14.9 Å². The van der Waals surface area contributed by atoms with Crippen molar-refractivity contribution in [2.45, 2.75) is 0 Å². The highest BCUT2D eigenvalue weighted by Gasteiger charge is 2.25. The number of phenolic OH excluding ortho intramolecular Hbond substituents is 1. The van der Waals surface area contributed by atoms with Gasteiger partial charge in [0, 0.05) is 6.07 Å². The Hall–Kier alpha value is -1.82. The van der Waals surface area contributed by atoms with Crippen LogP contribution in [0.4, 0.5) is 11.4 Å². The molecular weight excluding hydrogens is 528 g/mol. The Kier molecular flexibility index (Phi) is 5.94. The van der Waals surface area contributed by atoms with E-state index in [0.717, 1.165) is 11.8 Å². The van der Waals surface area contributed by atoms with E-state index < -0.39 is 22.3 Å². The van der Waals surface area contributed by atoms with Gasteiger partial charge in [-0.2, -0.15) is 0 Å². The molecule has 0 spiro atoms. The number of nitro groups is 1. The number of amides is 1. The summed E-state index contributed by atoms with van der Waals surface area (Å²) in [6.45, 7) is 0. The Morgan fingerprint density at radius 2 is 2.07 bits per heavy atom. The first-order valence-corrected chi connectivity index (χ1v) is 9.82. The maximum Gasteiger partial charge on any atom is 0.312 e. The number of benzene rings is 2. The fraction of sp³-hybridized carbons (Fsp3) is 0. The summed E-state index contributed by atoms with van der Waals surface area (Å²) >= 11 is 14.9. The number of carbonyl (C=O) groups excluding carboxylic acids is 1. The Bertz CT molecular complexity index is 1040. The maximum absolute atomic E-state index is 12.2. The molecule has 1 saturated heterocycles. The van der Waals surface area contributed by atoms with Crippen LogP contribution in [0.1, 0.15) is 5.56 Å². The molecule has 11 heteroatoms. The lowest BCUT2D eigenvalue weighted by atomic mass is 10.1. The first-order chi connectivity index (χ1) is 12.8. The molecule has 0 unspecified atom stereocenters. The normalized spacial score (nSPS) is 16.8. The number of nitro benzene ring substituents is 1. The Morgan fingerprint density at radius 3 is 2.78 bits per heavy atom. The second-order valence-corrected chi connectivity index (χ2v) is 8.16. The monoisotopic (exact) mass is 535 g/mol. The highest BCUT2D eigenvalue weighted by molar-refractivity contribution is 14.1. The predicted octanol–water partition coefficient (Wildman–Crippen LogP) is 5.10. The molecule has 1 amide bonds. The van der Waals surface area contributed by atoms with Gasteiger partial charge in [0.15, 0.2) is 5.17 Å². The zero-order valence-corrected chi connectivity index (χ0v) is 17.6. The molecular formula is C16H8Cl2IN3O4S. The van der Waals surface area contributed by atoms with E-state index in [2.05, 4.69) is 10.3 Å². The summed E-state index contributed by atoms with van der Waals surface area (Å²) in [5, 5.41) is 24.3. The van der Waals surface area contributed by atoms with Crippen molar-refractivity contribution in [3.05, 3.63) is 64.5 Å². The highest BCUT2D eigenvalue weighted by Crippen LogP contribution is 2.36. The van der Waals surface area contributed by atoms with Crippen molar-refractivity contribution in [1.82, 2.24) is 5.32 Å². The Balaban J connectivity index is 1.93. The smallest absolute Gasteiger partial charge is 0.312 e. The quantitative estimate of drug-likeness (QED) is 0.246. The first kappa shape index (κ1) is 19.9. The fourth-order valence-corrected chi connectivity index (χ4v) is 3.96. The predicted molar refractivity (Wildman–Crippen MR) is 115 cm³/mol. The number of nitrogens with zero attached hydrogens (tertiary/aromatic N) is 2. The van der Waals surface area contributed by atoms with Gasteiger partial charge in [0.05, 0.1) is 29.1 Å². The average molecular weight is 536 g/mol. The van der Waals surface area contributed by atoms with E-state index in [9.17, 15) is 20.0 Å². The van der Waals surface area contributed by atoms with Crippen molar-refractivity contribution in [2.75, 3.05) is 0 Å². The molecule has 1 heterocycles. The van der Waals surface area contributed by atoms with Crippen LogP contribution in [-0.2, 0) is 4.79 Å². The van der Waals surface area contributed by atoms with E-state index in [0.29, 0.717) is 29.9 Å². The number of aliphatic imine (C=N–C) groups is 1. The van der Waals surface area contributed by atoms with Crippen LogP contribution in [-0.4, -0.2) is 21.1 Å². The molecule has 0 saturated carbocycles. The molecule has 0 bridgehead atoms. The largest absolute Gasteiger partial charge is 0.501 e. The van der Waals surface area contributed by atoms with Gasteiger partial charge in [0.2, 0.25) is 5.75 Å². The van der Waals surface area contributed by atoms with Crippen LogP contribution in [0.2, 0.25) is 10.0 Å². The molecule has 0 atom stereocenters. The van der Waals surface area contributed by atoms with Gasteiger partial charge in [0.25, 0.3) is 5.91 Å². The third-order valence-corrected chi connectivity index (χ3v) is 5.91. The van der Waals surface area contributed by atoms with E-state index in [-0.39, 0.29) is 5.02 Å². The molecule has 0 aromatic heterocycles. The van der Waals surface area contributed by atoms with Crippen LogP contribution in [0.5, 0.6) is 5.75 Å². The third kappa shape index (κ3) is 4.37. The van der Waals surface area contributed by atoms with E-state index in [1.54, 1.807) is 40.8 Å². The summed E-state index contributed by atoms with van der Waals surface area (Å²) in [4.78, 5) is 27.1. The average Bonchev–Trinajstić information content (AvgIpc) is 2.94. The van der Waals surface area contributed by atoms with Crippen LogP contribution >= 0.6 is 57.6 Å². The molecule has 0 radical (unpaired) electrons. The molecule has 138 valence electrons. The summed E-state index contributed by atoms with van der Waals surface area (Å²) < 4.78 is 0.302. The molecule has 1 aliphatic rings. The van der Waals surface area contributed by atoms with Crippen LogP contribution in [0.3, 0.4) is 0 Å². The van der Waals surface area contributed by atoms with E-state index in [1.165, 1.54) is 18.2 Å². The number of amidine groups is 1. The number of hydrogen-bond donors (Lipinski definition) is 2. The van der Waals surface area contributed by atoms with Crippen molar-refractivity contribution in [3.63, 3.8) is 0 Å². The second-order valence-electron chi connectivity index (χ2n) is 5.18. The number of thioether (sulfide) groups is 1. The van der Waals surface area contributed by atoms with Gasteiger partial charge < -0.3 is 10.4 Å². The molecule has 7 nitrogen and oxygen atoms in total. The summed E-state index contributed by atoms with van der Waals surface area (Å²) in [5.74, 6) is -0.813. The number of aromatic hydroxyl groups is 1. The van der Waals surface area contributed by atoms with Gasteiger partial charge in [-0.25, -0.2) is 4.99 Å². The SMILES string of the molecule is O=C1NC(=Nc2cccc(Cl)c2Cl)S/C1=C\c1cc(I)c(O)c([N+](=O)[O-])c1. The van der Waals surface area contributed by atoms with Crippen molar-refractivity contribution < 1.29 is 14.8 Å². The molecule has 3 rings (SSSR count). The van der Waals surface area contributed by atoms with Gasteiger partial charge in [-0.1, -0.05) is 29.3 Å². The van der Waals surface area contributed by atoms with Crippen LogP contribution in [0.15, 0.2) is 40.2 Å². The van der Waals surface area contributed by atoms with Crippen molar-refractivity contribution >= 4 is 86.1 Å². The lowest BCUT2D eigenvalue weighted by Crippen LogP contribution is -2.19. The summed E-state index contributed by atoms with van der Waals surface area (Å²) in [7, 11) is 0. The molecule has 1 fully saturated rings. The standard InChI is InChI=1S/C16H8Cl2IN3O4S/c17-8-2-1-3-10(13(8)18)20-16-21-15(24)12(27-16)6-7-4-9(19)14(23)11(5-7)22(25)26/h1-6,23H,(H,20,21,24)/b12-6-.